The highest BCUT2D eigenvalue weighted by molar-refractivity contribution is 6.07. The molecule has 0 aliphatic carbocycles. The van der Waals surface area contributed by atoms with Gasteiger partial charge in [0.15, 0.2) is 0 Å². The van der Waals surface area contributed by atoms with Crippen molar-refractivity contribution in [3.05, 3.63) is 12.7 Å². The average Bonchev–Trinajstić information content (AvgIpc) is 2.67. The van der Waals surface area contributed by atoms with E-state index in [9.17, 15) is 19.5 Å². The Morgan fingerprint density at radius 3 is 2.36 bits per heavy atom. The minimum Gasteiger partial charge on any atom is -0.480 e. The number of carbonyl (C=O) groups excluding carboxylic acids is 2. The van der Waals surface area contributed by atoms with Gasteiger partial charge in [0.25, 0.3) is 5.91 Å². The van der Waals surface area contributed by atoms with Crippen molar-refractivity contribution in [2.45, 2.75) is 52.6 Å². The van der Waals surface area contributed by atoms with Crippen LogP contribution in [0.25, 0.3) is 0 Å². The number of amides is 3. The zero-order chi connectivity index (χ0) is 17.0. The Bertz CT molecular complexity index is 461. The van der Waals surface area contributed by atoms with Gasteiger partial charge in [-0.3, -0.25) is 4.79 Å². The Hall–Kier alpha value is -1.85. The molecule has 6 heteroatoms. The van der Waals surface area contributed by atoms with Crippen molar-refractivity contribution < 1.29 is 19.5 Å². The summed E-state index contributed by atoms with van der Waals surface area (Å²) in [5, 5.41) is 9.43. The van der Waals surface area contributed by atoms with Crippen LogP contribution in [-0.2, 0) is 9.59 Å². The van der Waals surface area contributed by atoms with Crippen molar-refractivity contribution in [3.63, 3.8) is 0 Å². The molecule has 1 aliphatic heterocycles. The Kier molecular flexibility index (Phi) is 6.14. The third-order valence-corrected chi connectivity index (χ3v) is 4.08. The summed E-state index contributed by atoms with van der Waals surface area (Å²) in [4.78, 5) is 39.2. The van der Waals surface area contributed by atoms with Crippen LogP contribution in [0.4, 0.5) is 4.79 Å². The summed E-state index contributed by atoms with van der Waals surface area (Å²) in [6.07, 6.45) is 2.54. The molecule has 3 atom stereocenters. The van der Waals surface area contributed by atoms with Gasteiger partial charge in [0, 0.05) is 6.54 Å². The number of nitrogens with zero attached hydrogens (tertiary/aromatic N) is 2. The normalized spacial score (nSPS) is 21.4. The van der Waals surface area contributed by atoms with E-state index >= 15 is 0 Å². The molecule has 0 aromatic rings. The number of carbonyl (C=O) groups is 3. The molecule has 3 amide bonds. The lowest BCUT2D eigenvalue weighted by Gasteiger charge is -2.24. The van der Waals surface area contributed by atoms with E-state index in [-0.39, 0.29) is 24.8 Å². The summed E-state index contributed by atoms with van der Waals surface area (Å²) < 4.78 is 0. The molecular weight excluding hydrogens is 284 g/mol. The van der Waals surface area contributed by atoms with Gasteiger partial charge in [0.1, 0.15) is 12.1 Å². The Balaban J connectivity index is 3.19. The van der Waals surface area contributed by atoms with Crippen LogP contribution in [0.1, 0.15) is 40.5 Å². The van der Waals surface area contributed by atoms with Gasteiger partial charge in [-0.15, -0.1) is 6.58 Å². The largest absolute Gasteiger partial charge is 0.480 e. The van der Waals surface area contributed by atoms with Crippen LogP contribution in [-0.4, -0.2) is 51.4 Å². The highest BCUT2D eigenvalue weighted by Crippen LogP contribution is 2.28. The fraction of sp³-hybridized carbons (Fsp3) is 0.688. The Morgan fingerprint density at radius 2 is 1.95 bits per heavy atom. The fourth-order valence-electron chi connectivity index (χ4n) is 2.78. The van der Waals surface area contributed by atoms with E-state index in [1.807, 2.05) is 27.7 Å². The lowest BCUT2D eigenvalue weighted by Crippen LogP contribution is -2.46. The second kappa shape index (κ2) is 7.42. The molecule has 1 heterocycles. The molecule has 0 aromatic heterocycles. The predicted molar refractivity (Wildman–Crippen MR) is 83.3 cm³/mol. The van der Waals surface area contributed by atoms with Crippen molar-refractivity contribution in [2.24, 2.45) is 11.8 Å². The number of hydrogen-bond acceptors (Lipinski definition) is 3. The lowest BCUT2D eigenvalue weighted by molar-refractivity contribution is -0.147. The smallest absolute Gasteiger partial charge is 0.328 e. The average molecular weight is 310 g/mol. The van der Waals surface area contributed by atoms with Crippen LogP contribution in [0, 0.1) is 11.8 Å². The third kappa shape index (κ3) is 3.48. The van der Waals surface area contributed by atoms with Crippen LogP contribution < -0.4 is 0 Å². The van der Waals surface area contributed by atoms with Crippen LogP contribution in [0.5, 0.6) is 0 Å². The van der Waals surface area contributed by atoms with Crippen LogP contribution in [0.2, 0.25) is 0 Å². The molecular formula is C16H26N2O4. The van der Waals surface area contributed by atoms with Gasteiger partial charge in [-0.05, 0) is 18.3 Å². The molecule has 1 N–H and O–H groups in total. The van der Waals surface area contributed by atoms with E-state index < -0.39 is 30.0 Å². The second-order valence-corrected chi connectivity index (χ2v) is 6.25. The highest BCUT2D eigenvalue weighted by Gasteiger charge is 2.50. The molecule has 0 radical (unpaired) electrons. The number of aliphatic carboxylic acids is 1. The number of carboxylic acids is 1. The van der Waals surface area contributed by atoms with Gasteiger partial charge in [-0.2, -0.15) is 0 Å². The van der Waals surface area contributed by atoms with E-state index in [0.29, 0.717) is 0 Å². The second-order valence-electron chi connectivity index (χ2n) is 6.25. The maximum Gasteiger partial charge on any atom is 0.328 e. The zero-order valence-electron chi connectivity index (χ0n) is 13.8. The minimum absolute atomic E-state index is 0.0325. The van der Waals surface area contributed by atoms with Crippen LogP contribution in [0.15, 0.2) is 12.7 Å². The summed E-state index contributed by atoms with van der Waals surface area (Å²) >= 11 is 0. The van der Waals surface area contributed by atoms with Crippen molar-refractivity contribution in [3.8, 4) is 0 Å². The summed E-state index contributed by atoms with van der Waals surface area (Å²) in [6, 6.07) is -2.24. The quantitative estimate of drug-likeness (QED) is 0.551. The zero-order valence-corrected chi connectivity index (χ0v) is 13.8. The molecule has 1 aliphatic rings. The maximum atomic E-state index is 12.7. The van der Waals surface area contributed by atoms with Gasteiger partial charge < -0.3 is 10.0 Å². The van der Waals surface area contributed by atoms with Gasteiger partial charge in [-0.1, -0.05) is 40.2 Å². The van der Waals surface area contributed by atoms with Crippen molar-refractivity contribution >= 4 is 17.9 Å². The van der Waals surface area contributed by atoms with Crippen molar-refractivity contribution in [1.82, 2.24) is 9.80 Å². The van der Waals surface area contributed by atoms with Gasteiger partial charge in [-0.25, -0.2) is 14.5 Å². The number of imide groups is 1. The van der Waals surface area contributed by atoms with Crippen molar-refractivity contribution in [1.29, 1.82) is 0 Å². The Labute approximate surface area is 131 Å². The van der Waals surface area contributed by atoms with Crippen LogP contribution >= 0.6 is 0 Å². The molecule has 0 bridgehead atoms. The molecule has 1 fully saturated rings. The number of carboxylic acid groups (broad SMARTS) is 1. The monoisotopic (exact) mass is 310 g/mol. The Morgan fingerprint density at radius 1 is 1.36 bits per heavy atom. The molecule has 6 nitrogen and oxygen atoms in total. The standard InChI is InChI=1S/C16H26N2O4/c1-6-8-17-13(11(5)7-2)14(19)18(16(17)22)12(15(20)21)9-10(3)4/h6,10-13H,1,7-9H2,2-5H3,(H,20,21). The van der Waals surface area contributed by atoms with E-state index in [1.165, 1.54) is 4.90 Å². The van der Waals surface area contributed by atoms with E-state index in [0.717, 1.165) is 11.3 Å². The summed E-state index contributed by atoms with van der Waals surface area (Å²) in [5.74, 6) is -1.51. The highest BCUT2D eigenvalue weighted by atomic mass is 16.4. The predicted octanol–water partition coefficient (Wildman–Crippen LogP) is 2.35. The lowest BCUT2D eigenvalue weighted by atomic mass is 9.97. The SMILES string of the molecule is C=CCN1C(=O)N(C(CC(C)C)C(=O)O)C(=O)C1C(C)CC. The van der Waals surface area contributed by atoms with Gasteiger partial charge >= 0.3 is 12.0 Å². The third-order valence-electron chi connectivity index (χ3n) is 4.08. The summed E-state index contributed by atoms with van der Waals surface area (Å²) in [5.41, 5.74) is 0. The molecule has 22 heavy (non-hydrogen) atoms. The van der Waals surface area contributed by atoms with E-state index in [2.05, 4.69) is 6.58 Å². The molecule has 0 aromatic carbocycles. The van der Waals surface area contributed by atoms with Crippen molar-refractivity contribution in [2.75, 3.05) is 6.54 Å². The topological polar surface area (TPSA) is 77.9 Å². The number of rotatable bonds is 8. The first-order valence-electron chi connectivity index (χ1n) is 7.73. The first-order valence-corrected chi connectivity index (χ1v) is 7.73. The molecule has 124 valence electrons. The number of hydrogen-bond donors (Lipinski definition) is 1. The van der Waals surface area contributed by atoms with Gasteiger partial charge in [0.2, 0.25) is 0 Å². The number of urea groups is 1. The summed E-state index contributed by atoms with van der Waals surface area (Å²) in [7, 11) is 0. The first-order chi connectivity index (χ1) is 10.3. The molecule has 0 saturated carbocycles. The van der Waals surface area contributed by atoms with E-state index in [1.54, 1.807) is 6.08 Å². The molecule has 1 rings (SSSR count). The molecule has 3 unspecified atom stereocenters. The van der Waals surface area contributed by atoms with E-state index in [4.69, 9.17) is 0 Å². The fourth-order valence-corrected chi connectivity index (χ4v) is 2.78. The first kappa shape index (κ1) is 18.2. The van der Waals surface area contributed by atoms with Gasteiger partial charge in [0.05, 0.1) is 0 Å². The van der Waals surface area contributed by atoms with Crippen LogP contribution in [0.3, 0.4) is 0 Å². The minimum atomic E-state index is -1.14. The maximum absolute atomic E-state index is 12.7. The molecule has 1 saturated heterocycles. The summed E-state index contributed by atoms with van der Waals surface area (Å²) in [6.45, 7) is 11.4. The molecule has 0 spiro atoms.